The predicted molar refractivity (Wildman–Crippen MR) is 130 cm³/mol. The summed E-state index contributed by atoms with van der Waals surface area (Å²) in [5, 5.41) is 14.1. The van der Waals surface area contributed by atoms with E-state index in [-0.39, 0.29) is 18.0 Å². The van der Waals surface area contributed by atoms with E-state index in [0.717, 1.165) is 16.7 Å². The lowest BCUT2D eigenvalue weighted by Gasteiger charge is -2.38. The van der Waals surface area contributed by atoms with Gasteiger partial charge in [-0.25, -0.2) is 4.98 Å². The Labute approximate surface area is 199 Å². The lowest BCUT2D eigenvalue weighted by molar-refractivity contribution is -0.136. The summed E-state index contributed by atoms with van der Waals surface area (Å²) in [5.74, 6) is -0.156. The summed E-state index contributed by atoms with van der Waals surface area (Å²) in [6.07, 6.45) is 2.36. The highest BCUT2D eigenvalue weighted by atomic mass is 35.5. The molecule has 1 aliphatic heterocycles. The van der Waals surface area contributed by atoms with Gasteiger partial charge in [0.15, 0.2) is 0 Å². The summed E-state index contributed by atoms with van der Waals surface area (Å²) in [5.41, 5.74) is 1.37. The van der Waals surface area contributed by atoms with Crippen LogP contribution < -0.4 is 5.56 Å². The maximum atomic E-state index is 13.2. The van der Waals surface area contributed by atoms with Crippen LogP contribution in [0.1, 0.15) is 18.4 Å². The van der Waals surface area contributed by atoms with Gasteiger partial charge in [0, 0.05) is 29.1 Å². The van der Waals surface area contributed by atoms with Crippen LogP contribution in [-0.2, 0) is 16.9 Å². The minimum atomic E-state index is -0.931. The summed E-state index contributed by atoms with van der Waals surface area (Å²) in [6.45, 7) is 0.785. The van der Waals surface area contributed by atoms with Crippen molar-refractivity contribution in [2.45, 2.75) is 25.0 Å². The largest absolute Gasteiger partial charge is 0.385 e. The van der Waals surface area contributed by atoms with E-state index in [0.29, 0.717) is 41.2 Å². The molecule has 168 valence electrons. The predicted octanol–water partition coefficient (Wildman–Crippen LogP) is 4.29. The minimum absolute atomic E-state index is 0.0819. The SMILES string of the molecule is O=C(Cn1cnc2scc(-c3ccc(Cl)cc3)c2c1=O)N1CCC(O)(c2ccccc2)CC1. The lowest BCUT2D eigenvalue weighted by atomic mass is 9.84. The second-order valence-electron chi connectivity index (χ2n) is 8.29. The van der Waals surface area contributed by atoms with Gasteiger partial charge in [0.25, 0.3) is 5.56 Å². The third kappa shape index (κ3) is 4.19. The summed E-state index contributed by atoms with van der Waals surface area (Å²) in [7, 11) is 0. The first-order valence-corrected chi connectivity index (χ1v) is 12.0. The third-order valence-corrected chi connectivity index (χ3v) is 7.41. The molecule has 0 spiro atoms. The van der Waals surface area contributed by atoms with Crippen molar-refractivity contribution in [1.29, 1.82) is 0 Å². The van der Waals surface area contributed by atoms with E-state index in [9.17, 15) is 14.7 Å². The van der Waals surface area contributed by atoms with Gasteiger partial charge < -0.3 is 10.0 Å². The first kappa shape index (κ1) is 21.8. The van der Waals surface area contributed by atoms with E-state index in [1.807, 2.05) is 47.8 Å². The third-order valence-electron chi connectivity index (χ3n) is 6.28. The molecule has 1 N–H and O–H groups in total. The molecule has 6 nitrogen and oxygen atoms in total. The van der Waals surface area contributed by atoms with Gasteiger partial charge in [-0.05, 0) is 36.1 Å². The first-order chi connectivity index (χ1) is 15.9. The zero-order valence-corrected chi connectivity index (χ0v) is 19.4. The Morgan fingerprint density at radius 3 is 2.48 bits per heavy atom. The molecule has 4 aromatic rings. The number of halogens is 1. The Morgan fingerprint density at radius 1 is 1.09 bits per heavy atom. The Balaban J connectivity index is 1.35. The maximum absolute atomic E-state index is 13.2. The second-order valence-corrected chi connectivity index (χ2v) is 9.59. The van der Waals surface area contributed by atoms with E-state index >= 15 is 0 Å². The van der Waals surface area contributed by atoms with Crippen molar-refractivity contribution < 1.29 is 9.90 Å². The normalized spacial score (nSPS) is 15.6. The number of hydrogen-bond acceptors (Lipinski definition) is 5. The van der Waals surface area contributed by atoms with Gasteiger partial charge in [-0.2, -0.15) is 0 Å². The zero-order valence-electron chi connectivity index (χ0n) is 17.8. The standard InChI is InChI=1S/C25H22ClN3O3S/c26-19-8-6-17(7-9-19)20-15-33-23-22(20)24(31)29(16-27-23)14-21(30)28-12-10-25(32,11-13-28)18-4-2-1-3-5-18/h1-9,15-16,32H,10-14H2. The molecule has 1 saturated heterocycles. The van der Waals surface area contributed by atoms with Crippen molar-refractivity contribution >= 4 is 39.1 Å². The molecule has 5 rings (SSSR count). The number of fused-ring (bicyclic) bond motifs is 1. The molecule has 2 aromatic carbocycles. The van der Waals surface area contributed by atoms with Crippen molar-refractivity contribution in [2.24, 2.45) is 0 Å². The average Bonchev–Trinajstić information content (AvgIpc) is 3.27. The van der Waals surface area contributed by atoms with E-state index in [1.54, 1.807) is 17.0 Å². The zero-order chi connectivity index (χ0) is 23.0. The molecular weight excluding hydrogens is 458 g/mol. The summed E-state index contributed by atoms with van der Waals surface area (Å²) >= 11 is 7.40. The monoisotopic (exact) mass is 479 g/mol. The van der Waals surface area contributed by atoms with Gasteiger partial charge in [0.2, 0.25) is 5.91 Å². The Morgan fingerprint density at radius 2 is 1.79 bits per heavy atom. The highest BCUT2D eigenvalue weighted by Gasteiger charge is 2.35. The molecule has 1 fully saturated rings. The van der Waals surface area contributed by atoms with E-state index in [2.05, 4.69) is 4.98 Å². The molecule has 3 heterocycles. The van der Waals surface area contributed by atoms with Crippen molar-refractivity contribution in [3.63, 3.8) is 0 Å². The number of hydrogen-bond donors (Lipinski definition) is 1. The molecule has 0 unspecified atom stereocenters. The number of benzene rings is 2. The van der Waals surface area contributed by atoms with Gasteiger partial charge in [0.05, 0.1) is 17.3 Å². The second kappa shape index (κ2) is 8.74. The van der Waals surface area contributed by atoms with Crippen LogP contribution in [0.4, 0.5) is 0 Å². The fourth-order valence-corrected chi connectivity index (χ4v) is 5.36. The Hall–Kier alpha value is -3.00. The number of carbonyl (C=O) groups is 1. The van der Waals surface area contributed by atoms with E-state index < -0.39 is 5.60 Å². The molecule has 33 heavy (non-hydrogen) atoms. The maximum Gasteiger partial charge on any atom is 0.263 e. The summed E-state index contributed by atoms with van der Waals surface area (Å²) in [6, 6.07) is 16.9. The number of aliphatic hydroxyl groups is 1. The van der Waals surface area contributed by atoms with Crippen LogP contribution >= 0.6 is 22.9 Å². The molecule has 0 radical (unpaired) electrons. The molecule has 1 aliphatic rings. The number of nitrogens with zero attached hydrogens (tertiary/aromatic N) is 3. The minimum Gasteiger partial charge on any atom is -0.385 e. The highest BCUT2D eigenvalue weighted by molar-refractivity contribution is 7.17. The van der Waals surface area contributed by atoms with E-state index in [4.69, 9.17) is 11.6 Å². The highest BCUT2D eigenvalue weighted by Crippen LogP contribution is 2.33. The molecular formula is C25H22ClN3O3S. The summed E-state index contributed by atoms with van der Waals surface area (Å²) < 4.78 is 1.37. The smallest absolute Gasteiger partial charge is 0.263 e. The van der Waals surface area contributed by atoms with E-state index in [1.165, 1.54) is 22.2 Å². The molecule has 0 atom stereocenters. The van der Waals surface area contributed by atoms with Crippen LogP contribution in [0.25, 0.3) is 21.3 Å². The van der Waals surface area contributed by atoms with Crippen molar-refractivity contribution in [1.82, 2.24) is 14.5 Å². The topological polar surface area (TPSA) is 75.4 Å². The molecule has 2 aromatic heterocycles. The molecule has 0 saturated carbocycles. The van der Waals surface area contributed by atoms with Crippen LogP contribution in [0.15, 0.2) is 71.1 Å². The Bertz CT molecular complexity index is 1360. The Kier molecular flexibility index (Phi) is 5.78. The van der Waals surface area contributed by atoms with Crippen molar-refractivity contribution in [3.05, 3.63) is 87.2 Å². The number of aromatic nitrogens is 2. The number of carbonyl (C=O) groups excluding carboxylic acids is 1. The van der Waals surface area contributed by atoms with Crippen LogP contribution in [0.2, 0.25) is 5.02 Å². The number of likely N-dealkylation sites (tertiary alicyclic amines) is 1. The quantitative estimate of drug-likeness (QED) is 0.474. The summed E-state index contributed by atoms with van der Waals surface area (Å²) in [4.78, 5) is 33.0. The average molecular weight is 480 g/mol. The van der Waals surface area contributed by atoms with Crippen LogP contribution in [-0.4, -0.2) is 38.6 Å². The van der Waals surface area contributed by atoms with Gasteiger partial charge in [-0.3, -0.25) is 14.2 Å². The van der Waals surface area contributed by atoms with Gasteiger partial charge in [-0.1, -0.05) is 54.1 Å². The lowest BCUT2D eigenvalue weighted by Crippen LogP contribution is -2.46. The van der Waals surface area contributed by atoms with Crippen molar-refractivity contribution in [2.75, 3.05) is 13.1 Å². The van der Waals surface area contributed by atoms with Crippen LogP contribution in [0.3, 0.4) is 0 Å². The molecule has 0 bridgehead atoms. The molecule has 1 amide bonds. The van der Waals surface area contributed by atoms with Gasteiger partial charge in [0.1, 0.15) is 11.4 Å². The first-order valence-electron chi connectivity index (χ1n) is 10.7. The van der Waals surface area contributed by atoms with Crippen LogP contribution in [0, 0.1) is 0 Å². The fraction of sp³-hybridized carbons (Fsp3) is 0.240. The molecule has 0 aliphatic carbocycles. The van der Waals surface area contributed by atoms with Crippen LogP contribution in [0.5, 0.6) is 0 Å². The number of piperidine rings is 1. The molecule has 8 heteroatoms. The number of amides is 1. The fourth-order valence-electron chi connectivity index (χ4n) is 4.33. The number of thiophene rings is 1. The van der Waals surface area contributed by atoms with Crippen molar-refractivity contribution in [3.8, 4) is 11.1 Å². The number of rotatable bonds is 4. The van der Waals surface area contributed by atoms with Gasteiger partial charge in [-0.15, -0.1) is 11.3 Å². The van der Waals surface area contributed by atoms with Gasteiger partial charge >= 0.3 is 0 Å².